The first-order valence-electron chi connectivity index (χ1n) is 18.0. The molecule has 0 aliphatic heterocycles. The molecule has 0 amide bonds. The number of anilines is 3. The summed E-state index contributed by atoms with van der Waals surface area (Å²) in [5.41, 5.74) is 9.95. The van der Waals surface area contributed by atoms with Gasteiger partial charge in [-0.05, 0) is 86.3 Å². The molecule has 0 radical (unpaired) electrons. The summed E-state index contributed by atoms with van der Waals surface area (Å²) in [5, 5.41) is 9.70. The standard InChI is InChI=1S/C50H31NOS/c1-2-10-32(11-3-1)33-18-20-35(21-19-33)40-28-29-45(49-43-15-7-9-17-48(43)53-50(40)49)51(38-26-27-42-41-14-6-8-16-46(41)52-47(42)31-38)37-25-24-36-23-22-34-12-4-5-13-39(34)44(36)30-37/h1-31H. The van der Waals surface area contributed by atoms with Gasteiger partial charge < -0.3 is 9.32 Å². The van der Waals surface area contributed by atoms with Gasteiger partial charge in [-0.2, -0.15) is 0 Å². The number of fused-ring (bicyclic) bond motifs is 9. The first-order valence-corrected chi connectivity index (χ1v) is 18.8. The van der Waals surface area contributed by atoms with Gasteiger partial charge in [-0.3, -0.25) is 0 Å². The Morgan fingerprint density at radius 3 is 1.89 bits per heavy atom. The van der Waals surface area contributed by atoms with Crippen LogP contribution < -0.4 is 4.90 Å². The summed E-state index contributed by atoms with van der Waals surface area (Å²) in [6.45, 7) is 0. The lowest BCUT2D eigenvalue weighted by Crippen LogP contribution is -2.10. The normalized spacial score (nSPS) is 11.8. The molecular formula is C50H31NOS. The molecule has 248 valence electrons. The molecular weight excluding hydrogens is 663 g/mol. The van der Waals surface area contributed by atoms with Crippen LogP contribution in [0.1, 0.15) is 0 Å². The summed E-state index contributed by atoms with van der Waals surface area (Å²) in [5.74, 6) is 0. The second-order valence-electron chi connectivity index (χ2n) is 13.7. The highest BCUT2D eigenvalue weighted by molar-refractivity contribution is 7.26. The van der Waals surface area contributed by atoms with E-state index in [0.29, 0.717) is 0 Å². The van der Waals surface area contributed by atoms with E-state index < -0.39 is 0 Å². The molecule has 0 aliphatic rings. The average molecular weight is 694 g/mol. The third-order valence-electron chi connectivity index (χ3n) is 10.7. The third kappa shape index (κ3) is 4.86. The van der Waals surface area contributed by atoms with Crippen LogP contribution in [0.15, 0.2) is 192 Å². The van der Waals surface area contributed by atoms with Gasteiger partial charge in [0.15, 0.2) is 0 Å². The van der Waals surface area contributed by atoms with Crippen LogP contribution in [0.25, 0.3) is 85.9 Å². The lowest BCUT2D eigenvalue weighted by atomic mass is 9.97. The SMILES string of the molecule is c1ccc(-c2ccc(-c3ccc(N(c4ccc5c(c4)oc4ccccc45)c4ccc5ccc6ccccc6c5c4)c4c3sc3ccccc34)cc2)cc1. The minimum atomic E-state index is 0.876. The van der Waals surface area contributed by atoms with Gasteiger partial charge >= 0.3 is 0 Å². The first kappa shape index (κ1) is 30.0. The maximum Gasteiger partial charge on any atom is 0.137 e. The third-order valence-corrected chi connectivity index (χ3v) is 11.9. The number of hydrogen-bond acceptors (Lipinski definition) is 3. The van der Waals surface area contributed by atoms with E-state index in [2.05, 4.69) is 181 Å². The fraction of sp³-hybridized carbons (Fsp3) is 0. The summed E-state index contributed by atoms with van der Waals surface area (Å²) in [6.07, 6.45) is 0. The van der Waals surface area contributed by atoms with E-state index in [1.165, 1.54) is 64.0 Å². The summed E-state index contributed by atoms with van der Waals surface area (Å²) < 4.78 is 9.03. The number of thiophene rings is 1. The maximum atomic E-state index is 6.48. The van der Waals surface area contributed by atoms with Crippen molar-refractivity contribution in [1.82, 2.24) is 0 Å². The van der Waals surface area contributed by atoms with E-state index in [9.17, 15) is 0 Å². The Labute approximate surface area is 310 Å². The zero-order valence-electron chi connectivity index (χ0n) is 28.7. The largest absolute Gasteiger partial charge is 0.456 e. The van der Waals surface area contributed by atoms with Crippen LogP contribution in [-0.4, -0.2) is 0 Å². The monoisotopic (exact) mass is 693 g/mol. The van der Waals surface area contributed by atoms with Crippen LogP contribution in [0.4, 0.5) is 17.1 Å². The maximum absolute atomic E-state index is 6.48. The molecule has 0 aliphatic carbocycles. The lowest BCUT2D eigenvalue weighted by Gasteiger charge is -2.27. The predicted octanol–water partition coefficient (Wildman–Crippen LogP) is 15.1. The molecule has 3 heteroatoms. The van der Waals surface area contributed by atoms with E-state index in [4.69, 9.17) is 4.42 Å². The minimum Gasteiger partial charge on any atom is -0.456 e. The molecule has 0 unspecified atom stereocenters. The van der Waals surface area contributed by atoms with Crippen LogP contribution in [-0.2, 0) is 0 Å². The van der Waals surface area contributed by atoms with Gasteiger partial charge in [0.2, 0.25) is 0 Å². The second-order valence-corrected chi connectivity index (χ2v) is 14.7. The van der Waals surface area contributed by atoms with Gasteiger partial charge in [0.05, 0.1) is 5.69 Å². The van der Waals surface area contributed by atoms with Crippen molar-refractivity contribution < 1.29 is 4.42 Å². The molecule has 2 nitrogen and oxygen atoms in total. The number of benzene rings is 9. The molecule has 0 N–H and O–H groups in total. The summed E-state index contributed by atoms with van der Waals surface area (Å²) >= 11 is 1.87. The van der Waals surface area contributed by atoms with Crippen molar-refractivity contribution >= 4 is 92.1 Å². The molecule has 2 heterocycles. The summed E-state index contributed by atoms with van der Waals surface area (Å²) in [7, 11) is 0. The molecule has 9 aromatic carbocycles. The highest BCUT2D eigenvalue weighted by Gasteiger charge is 2.22. The highest BCUT2D eigenvalue weighted by Crippen LogP contribution is 2.49. The summed E-state index contributed by atoms with van der Waals surface area (Å²) in [6, 6.07) is 68.0. The fourth-order valence-corrected chi connectivity index (χ4v) is 9.37. The van der Waals surface area contributed by atoms with Crippen molar-refractivity contribution in [1.29, 1.82) is 0 Å². The van der Waals surface area contributed by atoms with Crippen LogP contribution in [0.2, 0.25) is 0 Å². The van der Waals surface area contributed by atoms with Crippen molar-refractivity contribution in [2.24, 2.45) is 0 Å². The van der Waals surface area contributed by atoms with Crippen LogP contribution in [0.5, 0.6) is 0 Å². The van der Waals surface area contributed by atoms with Gasteiger partial charge in [0.25, 0.3) is 0 Å². The molecule has 11 rings (SSSR count). The Morgan fingerprint density at radius 1 is 0.396 bits per heavy atom. The van der Waals surface area contributed by atoms with Gasteiger partial charge in [-0.1, -0.05) is 140 Å². The number of rotatable bonds is 5. The van der Waals surface area contributed by atoms with E-state index in [0.717, 1.165) is 39.0 Å². The van der Waals surface area contributed by atoms with Gasteiger partial charge in [0, 0.05) is 48.4 Å². The lowest BCUT2D eigenvalue weighted by molar-refractivity contribution is 0.669. The molecule has 0 saturated carbocycles. The van der Waals surface area contributed by atoms with Crippen molar-refractivity contribution in [2.45, 2.75) is 0 Å². The number of para-hydroxylation sites is 1. The quantitative estimate of drug-likeness (QED) is 0.167. The molecule has 0 saturated heterocycles. The van der Waals surface area contributed by atoms with Crippen LogP contribution >= 0.6 is 11.3 Å². The summed E-state index contributed by atoms with van der Waals surface area (Å²) in [4.78, 5) is 2.43. The Morgan fingerprint density at radius 2 is 1.02 bits per heavy atom. The zero-order valence-corrected chi connectivity index (χ0v) is 29.5. The van der Waals surface area contributed by atoms with Crippen molar-refractivity contribution in [3.05, 3.63) is 188 Å². The Balaban J connectivity index is 1.17. The van der Waals surface area contributed by atoms with E-state index >= 15 is 0 Å². The average Bonchev–Trinajstić information content (AvgIpc) is 3.80. The molecule has 2 aromatic heterocycles. The van der Waals surface area contributed by atoms with E-state index in [-0.39, 0.29) is 0 Å². The molecule has 53 heavy (non-hydrogen) atoms. The highest BCUT2D eigenvalue weighted by atomic mass is 32.1. The molecule has 0 fully saturated rings. The van der Waals surface area contributed by atoms with Gasteiger partial charge in [0.1, 0.15) is 11.2 Å². The molecule has 0 atom stereocenters. The number of furan rings is 1. The fourth-order valence-electron chi connectivity index (χ4n) is 8.11. The van der Waals surface area contributed by atoms with Gasteiger partial charge in [-0.25, -0.2) is 0 Å². The van der Waals surface area contributed by atoms with Crippen molar-refractivity contribution in [3.63, 3.8) is 0 Å². The minimum absolute atomic E-state index is 0.876. The predicted molar refractivity (Wildman–Crippen MR) is 227 cm³/mol. The second kappa shape index (κ2) is 11.9. The Kier molecular flexibility index (Phi) is 6.76. The molecule has 0 bridgehead atoms. The smallest absolute Gasteiger partial charge is 0.137 e. The molecule has 0 spiro atoms. The van der Waals surface area contributed by atoms with Crippen LogP contribution in [0, 0.1) is 0 Å². The Hall–Kier alpha value is -6.68. The van der Waals surface area contributed by atoms with Crippen molar-refractivity contribution in [3.8, 4) is 22.3 Å². The molecule has 11 aromatic rings. The van der Waals surface area contributed by atoms with Crippen molar-refractivity contribution in [2.75, 3.05) is 4.90 Å². The van der Waals surface area contributed by atoms with Gasteiger partial charge in [-0.15, -0.1) is 11.3 Å². The first-order chi connectivity index (χ1) is 26.3. The van der Waals surface area contributed by atoms with E-state index in [1.54, 1.807) is 0 Å². The zero-order chi connectivity index (χ0) is 34.9. The number of nitrogens with zero attached hydrogens (tertiary/aromatic N) is 1. The van der Waals surface area contributed by atoms with Crippen LogP contribution in [0.3, 0.4) is 0 Å². The Bertz CT molecular complexity index is 3170. The topological polar surface area (TPSA) is 16.4 Å². The number of hydrogen-bond donors (Lipinski definition) is 0. The van der Waals surface area contributed by atoms with E-state index in [1.807, 2.05) is 23.5 Å².